The van der Waals surface area contributed by atoms with Crippen molar-refractivity contribution in [1.29, 1.82) is 0 Å². The van der Waals surface area contributed by atoms with Gasteiger partial charge < -0.3 is 10.6 Å². The zero-order valence-corrected chi connectivity index (χ0v) is 12.2. The Morgan fingerprint density at radius 1 is 1.10 bits per heavy atom. The van der Waals surface area contributed by atoms with Crippen molar-refractivity contribution in [3.8, 4) is 0 Å². The molecule has 0 amide bonds. The van der Waals surface area contributed by atoms with Gasteiger partial charge in [-0.2, -0.15) is 0 Å². The van der Waals surface area contributed by atoms with Crippen molar-refractivity contribution in [2.75, 3.05) is 17.7 Å². The molecule has 20 heavy (non-hydrogen) atoms. The molecule has 6 heteroatoms. The molecule has 0 bridgehead atoms. The van der Waals surface area contributed by atoms with Crippen LogP contribution >= 0.6 is 0 Å². The topological polar surface area (TPSA) is 89.4 Å². The third-order valence-electron chi connectivity index (χ3n) is 3.10. The maximum absolute atomic E-state index is 11.5. The highest BCUT2D eigenvalue weighted by Gasteiger charge is 2.17. The minimum absolute atomic E-state index is 0.0606. The van der Waals surface area contributed by atoms with E-state index in [2.05, 4.69) is 0 Å². The molecule has 2 aromatic carbocycles. The first-order chi connectivity index (χ1) is 9.30. The van der Waals surface area contributed by atoms with Crippen LogP contribution in [0.3, 0.4) is 0 Å². The molecule has 0 saturated heterocycles. The molecule has 5 nitrogen and oxygen atoms in total. The molecular formula is C14H17N3O2S. The summed E-state index contributed by atoms with van der Waals surface area (Å²) in [7, 11) is -2.00. The van der Waals surface area contributed by atoms with Crippen molar-refractivity contribution < 1.29 is 8.42 Å². The summed E-state index contributed by atoms with van der Waals surface area (Å²) in [6.07, 6.45) is 0. The number of nitrogen functional groups attached to an aromatic ring is 1. The lowest BCUT2D eigenvalue weighted by molar-refractivity contribution is 0.598. The van der Waals surface area contributed by atoms with E-state index >= 15 is 0 Å². The summed E-state index contributed by atoms with van der Waals surface area (Å²) in [5, 5.41) is 5.16. The third-order valence-corrected chi connectivity index (χ3v) is 4.07. The number of hydrogen-bond donors (Lipinski definition) is 2. The van der Waals surface area contributed by atoms with Crippen LogP contribution in [0, 0.1) is 6.92 Å². The molecule has 0 unspecified atom stereocenters. The molecule has 0 aromatic heterocycles. The lowest BCUT2D eigenvalue weighted by atomic mass is 10.2. The van der Waals surface area contributed by atoms with Gasteiger partial charge in [0, 0.05) is 12.7 Å². The lowest BCUT2D eigenvalue weighted by Gasteiger charge is -2.22. The van der Waals surface area contributed by atoms with Crippen LogP contribution in [0.5, 0.6) is 0 Å². The van der Waals surface area contributed by atoms with E-state index in [9.17, 15) is 8.42 Å². The van der Waals surface area contributed by atoms with E-state index in [1.165, 1.54) is 6.07 Å². The molecule has 0 radical (unpaired) electrons. The number of para-hydroxylation sites is 1. The predicted molar refractivity (Wildman–Crippen MR) is 81.5 cm³/mol. The maximum atomic E-state index is 11.5. The van der Waals surface area contributed by atoms with Gasteiger partial charge in [0.25, 0.3) is 0 Å². The first kappa shape index (κ1) is 14.4. The Morgan fingerprint density at radius 2 is 1.75 bits per heavy atom. The van der Waals surface area contributed by atoms with E-state index in [0.29, 0.717) is 5.69 Å². The maximum Gasteiger partial charge on any atom is 0.240 e. The molecule has 0 fully saturated rings. The Hall–Kier alpha value is -2.05. The van der Waals surface area contributed by atoms with E-state index in [1.54, 1.807) is 12.1 Å². The van der Waals surface area contributed by atoms with E-state index in [0.717, 1.165) is 11.3 Å². The molecule has 2 rings (SSSR count). The summed E-state index contributed by atoms with van der Waals surface area (Å²) in [5.41, 5.74) is 8.72. The SMILES string of the molecule is Cc1cccc(N(C)c2cccc(S(N)(=O)=O)c2N)c1. The van der Waals surface area contributed by atoms with Crippen LogP contribution in [0.1, 0.15) is 5.56 Å². The van der Waals surface area contributed by atoms with Gasteiger partial charge in [0.2, 0.25) is 10.0 Å². The highest BCUT2D eigenvalue weighted by molar-refractivity contribution is 7.89. The quantitative estimate of drug-likeness (QED) is 0.846. The molecule has 0 atom stereocenters. The molecule has 106 valence electrons. The first-order valence-electron chi connectivity index (χ1n) is 6.02. The summed E-state index contributed by atoms with van der Waals surface area (Å²) in [4.78, 5) is 1.77. The van der Waals surface area contributed by atoms with E-state index < -0.39 is 10.0 Å². The fraction of sp³-hybridized carbons (Fsp3) is 0.143. The van der Waals surface area contributed by atoms with Gasteiger partial charge >= 0.3 is 0 Å². The predicted octanol–water partition coefficient (Wildman–Crippen LogP) is 1.99. The second kappa shape index (κ2) is 5.15. The van der Waals surface area contributed by atoms with Gasteiger partial charge in [0.1, 0.15) is 4.90 Å². The largest absolute Gasteiger partial charge is 0.396 e. The Labute approximate surface area is 118 Å². The average molecular weight is 291 g/mol. The molecule has 0 aliphatic rings. The highest BCUT2D eigenvalue weighted by atomic mass is 32.2. The molecule has 2 aromatic rings. The van der Waals surface area contributed by atoms with Crippen molar-refractivity contribution in [3.05, 3.63) is 48.0 Å². The first-order valence-corrected chi connectivity index (χ1v) is 7.57. The van der Waals surface area contributed by atoms with E-state index in [1.807, 2.05) is 43.1 Å². The fourth-order valence-corrected chi connectivity index (χ4v) is 2.73. The van der Waals surface area contributed by atoms with Crippen LogP contribution in [-0.4, -0.2) is 15.5 Å². The van der Waals surface area contributed by atoms with Crippen molar-refractivity contribution in [1.82, 2.24) is 0 Å². The zero-order valence-electron chi connectivity index (χ0n) is 11.4. The molecular weight excluding hydrogens is 274 g/mol. The summed E-state index contributed by atoms with van der Waals surface area (Å²) in [6, 6.07) is 12.6. The van der Waals surface area contributed by atoms with Gasteiger partial charge in [-0.15, -0.1) is 0 Å². The van der Waals surface area contributed by atoms with Crippen molar-refractivity contribution in [3.63, 3.8) is 0 Å². The van der Waals surface area contributed by atoms with Crippen molar-refractivity contribution >= 4 is 27.1 Å². The number of hydrogen-bond acceptors (Lipinski definition) is 4. The normalized spacial score (nSPS) is 11.3. The molecule has 0 spiro atoms. The Kier molecular flexibility index (Phi) is 3.69. The molecule has 0 saturated carbocycles. The second-order valence-electron chi connectivity index (χ2n) is 4.63. The average Bonchev–Trinajstić information content (AvgIpc) is 2.37. The Bertz CT molecular complexity index is 742. The van der Waals surface area contributed by atoms with E-state index in [4.69, 9.17) is 10.9 Å². The number of aryl methyl sites for hydroxylation is 1. The molecule has 0 aliphatic heterocycles. The highest BCUT2D eigenvalue weighted by Crippen LogP contribution is 2.32. The van der Waals surface area contributed by atoms with Gasteiger partial charge in [-0.05, 0) is 36.8 Å². The number of primary sulfonamides is 1. The van der Waals surface area contributed by atoms with Gasteiger partial charge in [-0.1, -0.05) is 18.2 Å². The summed E-state index contributed by atoms with van der Waals surface area (Å²) in [5.74, 6) is 0. The minimum atomic E-state index is -3.83. The number of benzene rings is 2. The molecule has 0 aliphatic carbocycles. The van der Waals surface area contributed by atoms with Gasteiger partial charge in [-0.25, -0.2) is 13.6 Å². The Balaban J connectivity index is 2.54. The monoisotopic (exact) mass is 291 g/mol. The molecule has 0 heterocycles. The lowest BCUT2D eigenvalue weighted by Crippen LogP contribution is -2.17. The van der Waals surface area contributed by atoms with Crippen molar-refractivity contribution in [2.24, 2.45) is 5.14 Å². The van der Waals surface area contributed by atoms with E-state index in [-0.39, 0.29) is 10.6 Å². The number of nitrogens with two attached hydrogens (primary N) is 2. The number of sulfonamides is 1. The Morgan fingerprint density at radius 3 is 2.35 bits per heavy atom. The summed E-state index contributed by atoms with van der Waals surface area (Å²) in [6.45, 7) is 1.99. The van der Waals surface area contributed by atoms with Gasteiger partial charge in [0.15, 0.2) is 0 Å². The second-order valence-corrected chi connectivity index (χ2v) is 6.16. The third kappa shape index (κ3) is 2.76. The van der Waals surface area contributed by atoms with Crippen LogP contribution in [0.4, 0.5) is 17.1 Å². The minimum Gasteiger partial charge on any atom is -0.396 e. The summed E-state index contributed by atoms with van der Waals surface area (Å²) >= 11 is 0. The van der Waals surface area contributed by atoms with Crippen LogP contribution in [0.2, 0.25) is 0 Å². The van der Waals surface area contributed by atoms with Crippen LogP contribution in [0.15, 0.2) is 47.4 Å². The smallest absolute Gasteiger partial charge is 0.240 e. The zero-order chi connectivity index (χ0) is 14.9. The van der Waals surface area contributed by atoms with Crippen LogP contribution in [-0.2, 0) is 10.0 Å². The van der Waals surface area contributed by atoms with Gasteiger partial charge in [-0.3, -0.25) is 0 Å². The number of anilines is 3. The summed E-state index contributed by atoms with van der Waals surface area (Å²) < 4.78 is 23.0. The number of rotatable bonds is 3. The van der Waals surface area contributed by atoms with Crippen LogP contribution in [0.25, 0.3) is 0 Å². The van der Waals surface area contributed by atoms with Crippen LogP contribution < -0.4 is 15.8 Å². The number of nitrogens with zero attached hydrogens (tertiary/aromatic N) is 1. The standard InChI is InChI=1S/C14H17N3O2S/c1-10-5-3-6-11(9-10)17(2)12-7-4-8-13(14(12)15)20(16,18)19/h3-9H,15H2,1-2H3,(H2,16,18,19). The molecule has 4 N–H and O–H groups in total. The van der Waals surface area contributed by atoms with Gasteiger partial charge in [0.05, 0.1) is 11.4 Å². The van der Waals surface area contributed by atoms with Crippen molar-refractivity contribution in [2.45, 2.75) is 11.8 Å². The fourth-order valence-electron chi connectivity index (χ4n) is 2.05.